The Morgan fingerprint density at radius 1 is 1.30 bits per heavy atom. The van der Waals surface area contributed by atoms with Crippen molar-refractivity contribution in [1.82, 2.24) is 9.62 Å². The molecule has 0 bridgehead atoms. The van der Waals surface area contributed by atoms with Gasteiger partial charge in [0.1, 0.15) is 12.0 Å². The van der Waals surface area contributed by atoms with Gasteiger partial charge in [0.05, 0.1) is 0 Å². The van der Waals surface area contributed by atoms with Gasteiger partial charge in [-0.25, -0.2) is 0 Å². The number of benzene rings is 1. The van der Waals surface area contributed by atoms with Crippen LogP contribution in [0.4, 0.5) is 5.69 Å². The van der Waals surface area contributed by atoms with E-state index in [-0.39, 0.29) is 6.17 Å². The fraction of sp³-hybridized carbons (Fsp3) is 0.462. The van der Waals surface area contributed by atoms with Crippen molar-refractivity contribution in [2.24, 2.45) is 4.40 Å². The van der Waals surface area contributed by atoms with Crippen LogP contribution in [0.5, 0.6) is 0 Å². The van der Waals surface area contributed by atoms with Crippen molar-refractivity contribution >= 4 is 21.7 Å². The largest absolute Gasteiger partial charge is 0.378 e. The summed E-state index contributed by atoms with van der Waals surface area (Å²) in [5, 5.41) is 0. The molecule has 3 rings (SSSR count). The lowest BCUT2D eigenvalue weighted by atomic mass is 10.1. The highest BCUT2D eigenvalue weighted by Crippen LogP contribution is 2.30. The maximum absolute atomic E-state index is 11.8. The van der Waals surface area contributed by atoms with Gasteiger partial charge in [0, 0.05) is 32.7 Å². The lowest BCUT2D eigenvalue weighted by Gasteiger charge is -2.33. The Hall–Kier alpha value is -1.60. The molecule has 0 amide bonds. The molecule has 1 aromatic carbocycles. The molecule has 7 heteroatoms. The molecule has 6 nitrogen and oxygen atoms in total. The Kier molecular flexibility index (Phi) is 3.18. The SMILES string of the molecule is CN(C)c1ccc([C@@H]2NS(=O)(=O)N=C3CCCN32)cc1. The van der Waals surface area contributed by atoms with E-state index in [1.807, 2.05) is 48.2 Å². The lowest BCUT2D eigenvalue weighted by molar-refractivity contribution is 0.316. The molecule has 108 valence electrons. The molecule has 1 saturated heterocycles. The maximum Gasteiger partial charge on any atom is 0.323 e. The highest BCUT2D eigenvalue weighted by molar-refractivity contribution is 7.88. The molecule has 0 spiro atoms. The second-order valence-corrected chi connectivity index (χ2v) is 6.65. The van der Waals surface area contributed by atoms with E-state index in [9.17, 15) is 8.42 Å². The molecule has 1 atom stereocenters. The quantitative estimate of drug-likeness (QED) is 0.887. The fourth-order valence-corrected chi connectivity index (χ4v) is 3.70. The first-order valence-corrected chi connectivity index (χ1v) is 8.05. The number of nitrogens with one attached hydrogen (secondary N) is 1. The minimum atomic E-state index is -3.57. The third kappa shape index (κ3) is 2.38. The molecule has 0 unspecified atom stereocenters. The molecule has 0 saturated carbocycles. The zero-order valence-corrected chi connectivity index (χ0v) is 12.4. The van der Waals surface area contributed by atoms with Gasteiger partial charge in [-0.2, -0.15) is 13.1 Å². The van der Waals surface area contributed by atoms with Crippen LogP contribution < -0.4 is 9.62 Å². The van der Waals surface area contributed by atoms with Crippen molar-refractivity contribution in [2.75, 3.05) is 25.5 Å². The van der Waals surface area contributed by atoms with Crippen LogP contribution in [-0.4, -0.2) is 39.8 Å². The van der Waals surface area contributed by atoms with Crippen molar-refractivity contribution in [3.05, 3.63) is 29.8 Å². The summed E-state index contributed by atoms with van der Waals surface area (Å²) in [6.45, 7) is 0.835. The number of nitrogens with zero attached hydrogens (tertiary/aromatic N) is 3. The molecular formula is C13H18N4O2S. The van der Waals surface area contributed by atoms with Gasteiger partial charge < -0.3 is 9.80 Å². The minimum Gasteiger partial charge on any atom is -0.378 e. The van der Waals surface area contributed by atoms with E-state index in [0.717, 1.165) is 30.6 Å². The average molecular weight is 294 g/mol. The van der Waals surface area contributed by atoms with E-state index in [0.29, 0.717) is 5.84 Å². The molecule has 20 heavy (non-hydrogen) atoms. The summed E-state index contributed by atoms with van der Waals surface area (Å²) in [5.41, 5.74) is 2.02. The van der Waals surface area contributed by atoms with Gasteiger partial charge in [-0.1, -0.05) is 12.1 Å². The number of hydrogen-bond donors (Lipinski definition) is 1. The van der Waals surface area contributed by atoms with E-state index < -0.39 is 10.2 Å². The molecule has 1 fully saturated rings. The van der Waals surface area contributed by atoms with Crippen LogP contribution in [0.1, 0.15) is 24.6 Å². The normalized spacial score (nSPS) is 24.2. The lowest BCUT2D eigenvalue weighted by Crippen LogP contribution is -2.45. The van der Waals surface area contributed by atoms with Gasteiger partial charge in [-0.05, 0) is 24.1 Å². The van der Waals surface area contributed by atoms with Gasteiger partial charge in [0.2, 0.25) is 0 Å². The van der Waals surface area contributed by atoms with E-state index in [2.05, 4.69) is 9.12 Å². The van der Waals surface area contributed by atoms with Crippen LogP contribution in [-0.2, 0) is 10.2 Å². The summed E-state index contributed by atoms with van der Waals surface area (Å²) in [4.78, 5) is 4.04. The zero-order chi connectivity index (χ0) is 14.3. The molecule has 2 aliphatic rings. The van der Waals surface area contributed by atoms with E-state index in [1.165, 1.54) is 0 Å². The minimum absolute atomic E-state index is 0.341. The second kappa shape index (κ2) is 4.75. The average Bonchev–Trinajstić information content (AvgIpc) is 2.84. The predicted octanol–water partition coefficient (Wildman–Crippen LogP) is 1.09. The topological polar surface area (TPSA) is 65.0 Å². The molecule has 2 aliphatic heterocycles. The monoisotopic (exact) mass is 294 g/mol. The van der Waals surface area contributed by atoms with E-state index in [4.69, 9.17) is 0 Å². The van der Waals surface area contributed by atoms with Crippen molar-refractivity contribution in [3.63, 3.8) is 0 Å². The second-order valence-electron chi connectivity index (χ2n) is 5.29. The Balaban J connectivity index is 1.95. The third-order valence-electron chi connectivity index (χ3n) is 3.65. The number of rotatable bonds is 2. The summed E-state index contributed by atoms with van der Waals surface area (Å²) < 4.78 is 30.1. The number of anilines is 1. The summed E-state index contributed by atoms with van der Waals surface area (Å²) in [6, 6.07) is 7.91. The smallest absolute Gasteiger partial charge is 0.323 e. The van der Waals surface area contributed by atoms with Crippen molar-refractivity contribution in [1.29, 1.82) is 0 Å². The maximum atomic E-state index is 11.8. The summed E-state index contributed by atoms with van der Waals surface area (Å²) >= 11 is 0. The number of hydrogen-bond acceptors (Lipinski definition) is 4. The first-order chi connectivity index (χ1) is 9.46. The van der Waals surface area contributed by atoms with Gasteiger partial charge in [-0.3, -0.25) is 0 Å². The first-order valence-electron chi connectivity index (χ1n) is 6.61. The predicted molar refractivity (Wildman–Crippen MR) is 78.9 cm³/mol. The van der Waals surface area contributed by atoms with Crippen molar-refractivity contribution in [2.45, 2.75) is 19.0 Å². The third-order valence-corrected chi connectivity index (χ3v) is 4.63. The molecule has 1 N–H and O–H groups in total. The molecule has 0 aromatic heterocycles. The first kappa shape index (κ1) is 13.4. The van der Waals surface area contributed by atoms with E-state index in [1.54, 1.807) is 0 Å². The van der Waals surface area contributed by atoms with Crippen molar-refractivity contribution < 1.29 is 8.42 Å². The zero-order valence-electron chi connectivity index (χ0n) is 11.6. The Morgan fingerprint density at radius 3 is 2.65 bits per heavy atom. The van der Waals surface area contributed by atoms with Crippen LogP contribution in [0.2, 0.25) is 0 Å². The highest BCUT2D eigenvalue weighted by Gasteiger charge is 2.35. The summed E-state index contributed by atoms with van der Waals surface area (Å²) in [7, 11) is 0.377. The van der Waals surface area contributed by atoms with Crippen LogP contribution in [0, 0.1) is 0 Å². The Labute approximate surface area is 119 Å². The van der Waals surface area contributed by atoms with Gasteiger partial charge in [0.15, 0.2) is 0 Å². The Bertz CT molecular complexity index is 637. The standard InChI is InChI=1S/C13H18N4O2S/c1-16(2)11-7-5-10(6-8-11)13-15-20(18,19)14-12-4-3-9-17(12)13/h5-8,13,15H,3-4,9H2,1-2H3/t13-/m1/s1. The van der Waals surface area contributed by atoms with E-state index >= 15 is 0 Å². The van der Waals surface area contributed by atoms with Crippen LogP contribution >= 0.6 is 0 Å². The molecule has 2 heterocycles. The van der Waals surface area contributed by atoms with Crippen LogP contribution in [0.3, 0.4) is 0 Å². The summed E-state index contributed by atoms with van der Waals surface area (Å²) in [6.07, 6.45) is 1.33. The fourth-order valence-electron chi connectivity index (χ4n) is 2.63. The number of fused-ring (bicyclic) bond motifs is 1. The van der Waals surface area contributed by atoms with Gasteiger partial charge >= 0.3 is 10.2 Å². The molecule has 1 aromatic rings. The molecule has 0 aliphatic carbocycles. The molecule has 0 radical (unpaired) electrons. The molecular weight excluding hydrogens is 276 g/mol. The highest BCUT2D eigenvalue weighted by atomic mass is 32.2. The van der Waals surface area contributed by atoms with Gasteiger partial charge in [-0.15, -0.1) is 4.40 Å². The van der Waals surface area contributed by atoms with Crippen LogP contribution in [0.25, 0.3) is 0 Å². The Morgan fingerprint density at radius 2 is 2.00 bits per heavy atom. The number of amidine groups is 1. The van der Waals surface area contributed by atoms with Crippen LogP contribution in [0.15, 0.2) is 28.7 Å². The van der Waals surface area contributed by atoms with Crippen molar-refractivity contribution in [3.8, 4) is 0 Å². The van der Waals surface area contributed by atoms with Gasteiger partial charge in [0.25, 0.3) is 0 Å². The summed E-state index contributed by atoms with van der Waals surface area (Å²) in [5.74, 6) is 0.672.